The van der Waals surface area contributed by atoms with Crippen molar-refractivity contribution in [3.05, 3.63) is 52.8 Å². The van der Waals surface area contributed by atoms with Crippen LogP contribution in [0.5, 0.6) is 0 Å². The van der Waals surface area contributed by atoms with Gasteiger partial charge < -0.3 is 10.6 Å². The predicted octanol–water partition coefficient (Wildman–Crippen LogP) is 5.26. The molecule has 2 heterocycles. The van der Waals surface area contributed by atoms with Crippen molar-refractivity contribution >= 4 is 33.8 Å². The zero-order valence-corrected chi connectivity index (χ0v) is 15.4. The van der Waals surface area contributed by atoms with Crippen LogP contribution in [0.2, 0.25) is 5.02 Å². The summed E-state index contributed by atoms with van der Waals surface area (Å²) in [5.74, 6) is 0.424. The topological polar surface area (TPSA) is 42.2 Å². The molecule has 1 atom stereocenters. The van der Waals surface area contributed by atoms with Crippen LogP contribution in [0.1, 0.15) is 38.2 Å². The van der Waals surface area contributed by atoms with E-state index in [9.17, 15) is 0 Å². The molecule has 3 nitrogen and oxygen atoms in total. The second-order valence-electron chi connectivity index (χ2n) is 7.13. The summed E-state index contributed by atoms with van der Waals surface area (Å²) in [5, 5.41) is 1.63. The zero-order valence-electron chi connectivity index (χ0n) is 14.6. The fourth-order valence-electron chi connectivity index (χ4n) is 3.96. The summed E-state index contributed by atoms with van der Waals surface area (Å²) in [6.07, 6.45) is 11.4. The lowest BCUT2D eigenvalue weighted by Gasteiger charge is -2.33. The average molecular weight is 354 g/mol. The Morgan fingerprint density at radius 1 is 1.24 bits per heavy atom. The highest BCUT2D eigenvalue weighted by Gasteiger charge is 2.22. The number of piperidine rings is 1. The molecule has 2 aliphatic rings. The minimum Gasteiger partial charge on any atom is -0.396 e. The van der Waals surface area contributed by atoms with Gasteiger partial charge in [-0.2, -0.15) is 0 Å². The standard InChI is InChI=1S/C21H24ClN3/c1-14-7-8-15(25-10-3-2-4-11-25)12-17(14)18-13-19(22)16-6-5-9-24-21(16)20(18)23/h5-6,8-9,12-14H,2-4,7,10-11,23H2,1H3. The first-order valence-corrected chi connectivity index (χ1v) is 9.52. The molecule has 0 bridgehead atoms. The molecule has 0 radical (unpaired) electrons. The smallest absolute Gasteiger partial charge is 0.0952 e. The van der Waals surface area contributed by atoms with E-state index in [0.717, 1.165) is 46.7 Å². The third-order valence-corrected chi connectivity index (χ3v) is 5.74. The molecule has 1 aliphatic heterocycles. The number of pyridine rings is 1. The largest absolute Gasteiger partial charge is 0.396 e. The highest BCUT2D eigenvalue weighted by molar-refractivity contribution is 6.36. The Morgan fingerprint density at radius 2 is 2.04 bits per heavy atom. The molecular weight excluding hydrogens is 330 g/mol. The Bertz CT molecular complexity index is 863. The third-order valence-electron chi connectivity index (χ3n) is 5.43. The van der Waals surface area contributed by atoms with Crippen LogP contribution >= 0.6 is 11.6 Å². The van der Waals surface area contributed by atoms with Crippen LogP contribution in [0.4, 0.5) is 5.69 Å². The summed E-state index contributed by atoms with van der Waals surface area (Å²) in [6.45, 7) is 4.56. The van der Waals surface area contributed by atoms with E-state index in [2.05, 4.69) is 29.0 Å². The van der Waals surface area contributed by atoms with Crippen LogP contribution in [-0.4, -0.2) is 23.0 Å². The van der Waals surface area contributed by atoms with Crippen molar-refractivity contribution in [2.75, 3.05) is 18.8 Å². The molecule has 0 amide bonds. The molecule has 0 spiro atoms. The molecule has 25 heavy (non-hydrogen) atoms. The van der Waals surface area contributed by atoms with E-state index in [0.29, 0.717) is 5.92 Å². The van der Waals surface area contributed by atoms with Gasteiger partial charge in [-0.1, -0.05) is 24.6 Å². The molecule has 1 unspecified atom stereocenters. The van der Waals surface area contributed by atoms with Crippen molar-refractivity contribution < 1.29 is 0 Å². The Kier molecular flexibility index (Phi) is 4.43. The number of hydrogen-bond donors (Lipinski definition) is 1. The number of fused-ring (bicyclic) bond motifs is 1. The molecule has 2 N–H and O–H groups in total. The first kappa shape index (κ1) is 16.5. The number of hydrogen-bond acceptors (Lipinski definition) is 3. The molecule has 0 saturated carbocycles. The van der Waals surface area contributed by atoms with E-state index in [1.807, 2.05) is 18.2 Å². The molecule has 4 rings (SSSR count). The van der Waals surface area contributed by atoms with Gasteiger partial charge in [0, 0.05) is 35.9 Å². The second-order valence-corrected chi connectivity index (χ2v) is 7.54. The number of anilines is 1. The minimum atomic E-state index is 0.424. The third kappa shape index (κ3) is 3.02. The molecule has 1 aromatic heterocycles. The normalized spacial score (nSPS) is 21.2. The lowest BCUT2D eigenvalue weighted by Crippen LogP contribution is -2.29. The van der Waals surface area contributed by atoms with Crippen LogP contribution in [0.3, 0.4) is 0 Å². The van der Waals surface area contributed by atoms with E-state index in [-0.39, 0.29) is 0 Å². The fraction of sp³-hybridized carbons (Fsp3) is 0.381. The van der Waals surface area contributed by atoms with Gasteiger partial charge in [-0.3, -0.25) is 4.98 Å². The lowest BCUT2D eigenvalue weighted by molar-refractivity contribution is 0.291. The summed E-state index contributed by atoms with van der Waals surface area (Å²) in [5.41, 5.74) is 11.7. The summed E-state index contributed by atoms with van der Waals surface area (Å²) < 4.78 is 0. The maximum atomic E-state index is 6.54. The summed E-state index contributed by atoms with van der Waals surface area (Å²) in [6, 6.07) is 5.89. The number of likely N-dealkylation sites (tertiary alicyclic amines) is 1. The van der Waals surface area contributed by atoms with Gasteiger partial charge in [0.25, 0.3) is 0 Å². The maximum Gasteiger partial charge on any atom is 0.0952 e. The van der Waals surface area contributed by atoms with E-state index in [1.165, 1.54) is 30.5 Å². The van der Waals surface area contributed by atoms with Crippen LogP contribution in [0.25, 0.3) is 16.5 Å². The van der Waals surface area contributed by atoms with Crippen molar-refractivity contribution in [1.29, 1.82) is 0 Å². The number of nitrogens with zero attached hydrogens (tertiary/aromatic N) is 2. The molecule has 1 fully saturated rings. The van der Waals surface area contributed by atoms with Gasteiger partial charge in [0.05, 0.1) is 16.2 Å². The zero-order chi connectivity index (χ0) is 17.4. The van der Waals surface area contributed by atoms with Gasteiger partial charge in [0.15, 0.2) is 0 Å². The number of nitrogens with two attached hydrogens (primary N) is 1. The van der Waals surface area contributed by atoms with Gasteiger partial charge in [0.1, 0.15) is 0 Å². The maximum absolute atomic E-state index is 6.54. The number of benzene rings is 1. The second kappa shape index (κ2) is 6.72. The number of aromatic nitrogens is 1. The SMILES string of the molecule is CC1CC=C(N2CCCCC2)C=C1c1cc(Cl)c2cccnc2c1N. The lowest BCUT2D eigenvalue weighted by atomic mass is 9.85. The highest BCUT2D eigenvalue weighted by Crippen LogP contribution is 2.40. The first-order chi connectivity index (χ1) is 12.1. The van der Waals surface area contributed by atoms with Crippen LogP contribution < -0.4 is 5.73 Å². The predicted molar refractivity (Wildman–Crippen MR) is 106 cm³/mol. The molecular formula is C21H24ClN3. The Labute approximate surface area is 154 Å². The van der Waals surface area contributed by atoms with Crippen LogP contribution in [0, 0.1) is 5.92 Å². The monoisotopic (exact) mass is 353 g/mol. The highest BCUT2D eigenvalue weighted by atomic mass is 35.5. The van der Waals surface area contributed by atoms with Crippen molar-refractivity contribution in [3.8, 4) is 0 Å². The Morgan fingerprint density at radius 3 is 2.84 bits per heavy atom. The van der Waals surface area contributed by atoms with E-state index < -0.39 is 0 Å². The number of allylic oxidation sites excluding steroid dienone is 3. The van der Waals surface area contributed by atoms with Crippen molar-refractivity contribution in [3.63, 3.8) is 0 Å². The van der Waals surface area contributed by atoms with Gasteiger partial charge in [-0.15, -0.1) is 0 Å². The van der Waals surface area contributed by atoms with Crippen LogP contribution in [-0.2, 0) is 0 Å². The molecule has 4 heteroatoms. The molecule has 1 aliphatic carbocycles. The number of rotatable bonds is 2. The number of halogens is 1. The van der Waals surface area contributed by atoms with E-state index in [1.54, 1.807) is 6.20 Å². The summed E-state index contributed by atoms with van der Waals surface area (Å²) in [4.78, 5) is 6.98. The van der Waals surface area contributed by atoms with Crippen LogP contribution in [0.15, 0.2) is 42.2 Å². The number of nitrogen functional groups attached to an aromatic ring is 1. The fourth-order valence-corrected chi connectivity index (χ4v) is 4.22. The quantitative estimate of drug-likeness (QED) is 0.748. The van der Waals surface area contributed by atoms with Gasteiger partial charge in [-0.05, 0) is 61.4 Å². The molecule has 1 saturated heterocycles. The average Bonchev–Trinajstić information content (AvgIpc) is 2.66. The van der Waals surface area contributed by atoms with E-state index in [4.69, 9.17) is 17.3 Å². The first-order valence-electron chi connectivity index (χ1n) is 9.15. The van der Waals surface area contributed by atoms with Crippen molar-refractivity contribution in [2.45, 2.75) is 32.6 Å². The van der Waals surface area contributed by atoms with Crippen molar-refractivity contribution in [1.82, 2.24) is 9.88 Å². The Hall–Kier alpha value is -2.00. The van der Waals surface area contributed by atoms with Gasteiger partial charge in [-0.25, -0.2) is 0 Å². The summed E-state index contributed by atoms with van der Waals surface area (Å²) >= 11 is 6.54. The van der Waals surface area contributed by atoms with E-state index >= 15 is 0 Å². The van der Waals surface area contributed by atoms with Crippen molar-refractivity contribution in [2.24, 2.45) is 5.92 Å². The van der Waals surface area contributed by atoms with Gasteiger partial charge in [0.2, 0.25) is 0 Å². The van der Waals surface area contributed by atoms with Gasteiger partial charge >= 0.3 is 0 Å². The molecule has 130 valence electrons. The minimum absolute atomic E-state index is 0.424. The molecule has 2 aromatic rings. The molecule has 1 aromatic carbocycles. The summed E-state index contributed by atoms with van der Waals surface area (Å²) in [7, 11) is 0. The Balaban J connectivity index is 1.79.